The number of anilines is 1. The predicted octanol–water partition coefficient (Wildman–Crippen LogP) is 2.98. The van der Waals surface area contributed by atoms with E-state index in [1.165, 1.54) is 12.1 Å². The van der Waals surface area contributed by atoms with Gasteiger partial charge < -0.3 is 14.8 Å². The van der Waals surface area contributed by atoms with Crippen LogP contribution in [0.4, 0.5) is 14.5 Å². The molecular weight excluding hydrogens is 280 g/mol. The molecule has 0 atom stereocenters. The molecule has 4 nitrogen and oxygen atoms in total. The molecule has 21 heavy (non-hydrogen) atoms. The monoisotopic (exact) mass is 299 g/mol. The van der Waals surface area contributed by atoms with Gasteiger partial charge in [0, 0.05) is 19.8 Å². The standard InChI is InChI=1S/C15H19F2NO3/c1-15(5-7-21-8-6-15)9-18-11-4-3-10(14(19)20-2)12(16)13(11)17/h3-4,18H,5-9H2,1-2H3. The molecule has 1 aromatic rings. The number of nitrogens with one attached hydrogen (secondary N) is 1. The van der Waals surface area contributed by atoms with E-state index in [0.29, 0.717) is 19.8 Å². The van der Waals surface area contributed by atoms with Gasteiger partial charge in [-0.15, -0.1) is 0 Å². The van der Waals surface area contributed by atoms with E-state index in [0.717, 1.165) is 20.0 Å². The average molecular weight is 299 g/mol. The van der Waals surface area contributed by atoms with Crippen LogP contribution in [0.1, 0.15) is 30.1 Å². The van der Waals surface area contributed by atoms with Crippen LogP contribution < -0.4 is 5.32 Å². The van der Waals surface area contributed by atoms with Crippen molar-refractivity contribution >= 4 is 11.7 Å². The number of benzene rings is 1. The molecular formula is C15H19F2NO3. The van der Waals surface area contributed by atoms with Gasteiger partial charge in [0.15, 0.2) is 11.6 Å². The van der Waals surface area contributed by atoms with Gasteiger partial charge in [-0.1, -0.05) is 6.92 Å². The average Bonchev–Trinajstić information content (AvgIpc) is 2.49. The number of halogens is 2. The van der Waals surface area contributed by atoms with Gasteiger partial charge in [-0.3, -0.25) is 0 Å². The Morgan fingerprint density at radius 3 is 2.62 bits per heavy atom. The van der Waals surface area contributed by atoms with E-state index < -0.39 is 23.2 Å². The van der Waals surface area contributed by atoms with Gasteiger partial charge in [0.05, 0.1) is 18.4 Å². The van der Waals surface area contributed by atoms with Crippen LogP contribution in [-0.4, -0.2) is 32.8 Å². The molecule has 0 aliphatic carbocycles. The summed E-state index contributed by atoms with van der Waals surface area (Å²) in [6.07, 6.45) is 1.73. The normalized spacial score (nSPS) is 17.3. The molecule has 1 fully saturated rings. The van der Waals surface area contributed by atoms with Crippen LogP contribution in [0.5, 0.6) is 0 Å². The zero-order valence-corrected chi connectivity index (χ0v) is 12.2. The van der Waals surface area contributed by atoms with Gasteiger partial charge in [-0.25, -0.2) is 13.6 Å². The first-order chi connectivity index (χ1) is 9.97. The molecule has 2 rings (SSSR count). The molecule has 0 radical (unpaired) electrons. The van der Waals surface area contributed by atoms with Gasteiger partial charge >= 0.3 is 5.97 Å². The molecule has 1 N–H and O–H groups in total. The highest BCUT2D eigenvalue weighted by molar-refractivity contribution is 5.90. The Balaban J connectivity index is 2.10. The number of carbonyl (C=O) groups is 1. The first kappa shape index (κ1) is 15.7. The summed E-state index contributed by atoms with van der Waals surface area (Å²) in [6, 6.07) is 2.58. The zero-order chi connectivity index (χ0) is 15.5. The van der Waals surface area contributed by atoms with Gasteiger partial charge in [0.25, 0.3) is 0 Å². The highest BCUT2D eigenvalue weighted by Crippen LogP contribution is 2.31. The Bertz CT molecular complexity index is 528. The van der Waals surface area contributed by atoms with Crippen molar-refractivity contribution in [2.45, 2.75) is 19.8 Å². The van der Waals surface area contributed by atoms with Crippen LogP contribution in [0.3, 0.4) is 0 Å². The van der Waals surface area contributed by atoms with E-state index in [1.54, 1.807) is 0 Å². The van der Waals surface area contributed by atoms with Crippen molar-refractivity contribution in [3.8, 4) is 0 Å². The minimum absolute atomic E-state index is 0.0117. The van der Waals surface area contributed by atoms with Crippen LogP contribution in [0.2, 0.25) is 0 Å². The fourth-order valence-electron chi connectivity index (χ4n) is 2.30. The summed E-state index contributed by atoms with van der Waals surface area (Å²) in [6.45, 7) is 3.95. The lowest BCUT2D eigenvalue weighted by atomic mass is 9.82. The molecule has 116 valence electrons. The molecule has 0 saturated carbocycles. The molecule has 0 amide bonds. The summed E-state index contributed by atoms with van der Waals surface area (Å²) >= 11 is 0. The third-order valence-electron chi connectivity index (χ3n) is 3.89. The Morgan fingerprint density at radius 2 is 2.00 bits per heavy atom. The molecule has 6 heteroatoms. The zero-order valence-electron chi connectivity index (χ0n) is 12.2. The second kappa shape index (κ2) is 6.39. The Morgan fingerprint density at radius 1 is 1.33 bits per heavy atom. The van der Waals surface area contributed by atoms with Crippen LogP contribution >= 0.6 is 0 Å². The number of methoxy groups -OCH3 is 1. The lowest BCUT2D eigenvalue weighted by Crippen LogP contribution is -2.33. The van der Waals surface area contributed by atoms with Gasteiger partial charge in [0.1, 0.15) is 0 Å². The quantitative estimate of drug-likeness (QED) is 0.868. The van der Waals surface area contributed by atoms with Crippen molar-refractivity contribution < 1.29 is 23.0 Å². The van der Waals surface area contributed by atoms with E-state index in [2.05, 4.69) is 17.0 Å². The number of carbonyl (C=O) groups excluding carboxylic acids is 1. The number of ether oxygens (including phenoxy) is 2. The maximum absolute atomic E-state index is 14.0. The van der Waals surface area contributed by atoms with E-state index in [9.17, 15) is 13.6 Å². The molecule has 1 aliphatic heterocycles. The smallest absolute Gasteiger partial charge is 0.340 e. The van der Waals surface area contributed by atoms with Gasteiger partial charge in [-0.05, 0) is 30.4 Å². The maximum Gasteiger partial charge on any atom is 0.340 e. The second-order valence-corrected chi connectivity index (χ2v) is 5.56. The summed E-state index contributed by atoms with van der Waals surface area (Å²) in [4.78, 5) is 11.3. The summed E-state index contributed by atoms with van der Waals surface area (Å²) < 4.78 is 37.5. The minimum Gasteiger partial charge on any atom is -0.465 e. The molecule has 1 aromatic carbocycles. The van der Waals surface area contributed by atoms with Crippen molar-refractivity contribution in [3.63, 3.8) is 0 Å². The second-order valence-electron chi connectivity index (χ2n) is 5.56. The first-order valence-electron chi connectivity index (χ1n) is 6.85. The molecule has 1 aliphatic rings. The van der Waals surface area contributed by atoms with E-state index in [1.807, 2.05) is 0 Å². The highest BCUT2D eigenvalue weighted by Gasteiger charge is 2.28. The van der Waals surface area contributed by atoms with E-state index in [-0.39, 0.29) is 11.1 Å². The van der Waals surface area contributed by atoms with E-state index >= 15 is 0 Å². The maximum atomic E-state index is 14.0. The molecule has 0 unspecified atom stereocenters. The Kier molecular flexibility index (Phi) is 4.77. The van der Waals surface area contributed by atoms with Crippen LogP contribution in [0.15, 0.2) is 12.1 Å². The predicted molar refractivity (Wildman–Crippen MR) is 74.3 cm³/mol. The number of hydrogen-bond donors (Lipinski definition) is 1. The van der Waals surface area contributed by atoms with Crippen molar-refractivity contribution in [2.24, 2.45) is 5.41 Å². The molecule has 0 aromatic heterocycles. The highest BCUT2D eigenvalue weighted by atomic mass is 19.2. The fourth-order valence-corrected chi connectivity index (χ4v) is 2.30. The minimum atomic E-state index is -1.19. The van der Waals surface area contributed by atoms with Crippen LogP contribution in [0.25, 0.3) is 0 Å². The number of esters is 1. The fraction of sp³-hybridized carbons (Fsp3) is 0.533. The van der Waals surface area contributed by atoms with E-state index in [4.69, 9.17) is 4.74 Å². The third-order valence-corrected chi connectivity index (χ3v) is 3.89. The first-order valence-corrected chi connectivity index (χ1v) is 6.85. The Hall–Kier alpha value is -1.69. The lowest BCUT2D eigenvalue weighted by molar-refractivity contribution is 0.0299. The SMILES string of the molecule is COC(=O)c1ccc(NCC2(C)CCOCC2)c(F)c1F. The van der Waals surface area contributed by atoms with Crippen molar-refractivity contribution in [1.82, 2.24) is 0 Å². The number of hydrogen-bond acceptors (Lipinski definition) is 4. The van der Waals surface area contributed by atoms with Crippen molar-refractivity contribution in [1.29, 1.82) is 0 Å². The number of rotatable bonds is 4. The largest absolute Gasteiger partial charge is 0.465 e. The summed E-state index contributed by atoms with van der Waals surface area (Å²) in [5, 5.41) is 2.93. The van der Waals surface area contributed by atoms with Gasteiger partial charge in [-0.2, -0.15) is 0 Å². The molecule has 0 bridgehead atoms. The Labute approximate surface area is 122 Å². The van der Waals surface area contributed by atoms with Crippen molar-refractivity contribution in [3.05, 3.63) is 29.3 Å². The topological polar surface area (TPSA) is 47.6 Å². The van der Waals surface area contributed by atoms with Crippen LogP contribution in [-0.2, 0) is 9.47 Å². The summed E-state index contributed by atoms with van der Waals surface area (Å²) in [7, 11) is 1.12. The summed E-state index contributed by atoms with van der Waals surface area (Å²) in [5.41, 5.74) is -0.368. The third kappa shape index (κ3) is 3.50. The van der Waals surface area contributed by atoms with Crippen LogP contribution in [0, 0.1) is 17.0 Å². The molecule has 1 heterocycles. The molecule has 0 spiro atoms. The van der Waals surface area contributed by atoms with Crippen molar-refractivity contribution in [2.75, 3.05) is 32.2 Å². The molecule has 1 saturated heterocycles. The summed E-state index contributed by atoms with van der Waals surface area (Å²) in [5.74, 6) is -3.15. The lowest BCUT2D eigenvalue weighted by Gasteiger charge is -2.34. The van der Waals surface area contributed by atoms with Gasteiger partial charge in [0.2, 0.25) is 0 Å².